The Hall–Kier alpha value is -1.91. The molecule has 7 heteroatoms. The lowest BCUT2D eigenvalue weighted by Crippen LogP contribution is -2.47. The van der Waals surface area contributed by atoms with Crippen molar-refractivity contribution in [2.45, 2.75) is 57.9 Å². The molecule has 1 aliphatic carbocycles. The number of aryl methyl sites for hydroxylation is 1. The number of amides is 1. The first kappa shape index (κ1) is 19.8. The Bertz CT molecular complexity index is 744. The molecule has 1 aliphatic heterocycles. The molecule has 1 atom stereocenters. The molecule has 6 nitrogen and oxygen atoms in total. The number of thiophene rings is 1. The van der Waals surface area contributed by atoms with Gasteiger partial charge in [-0.25, -0.2) is 0 Å². The van der Waals surface area contributed by atoms with Crippen molar-refractivity contribution in [2.24, 2.45) is 5.92 Å². The molecule has 1 aromatic heterocycles. The fourth-order valence-electron chi connectivity index (χ4n) is 4.02. The maximum Gasteiger partial charge on any atom is 0.308 e. The van der Waals surface area contributed by atoms with Crippen LogP contribution in [0.1, 0.15) is 55.0 Å². The van der Waals surface area contributed by atoms with Crippen molar-refractivity contribution < 1.29 is 14.3 Å². The molecule has 0 spiro atoms. The van der Waals surface area contributed by atoms with Gasteiger partial charge in [0.15, 0.2) is 0 Å². The van der Waals surface area contributed by atoms with E-state index in [2.05, 4.69) is 16.3 Å². The highest BCUT2D eigenvalue weighted by Crippen LogP contribution is 2.37. The molecular formula is C20H27N3O3S. The quantitative estimate of drug-likeness (QED) is 0.632. The molecule has 0 saturated carbocycles. The van der Waals surface area contributed by atoms with E-state index in [1.54, 1.807) is 11.3 Å². The molecule has 0 bridgehead atoms. The van der Waals surface area contributed by atoms with E-state index in [4.69, 9.17) is 4.74 Å². The molecule has 0 aromatic carbocycles. The number of ether oxygens (including phenoxy) is 1. The van der Waals surface area contributed by atoms with Crippen LogP contribution < -0.4 is 5.32 Å². The Morgan fingerprint density at radius 2 is 1.96 bits per heavy atom. The van der Waals surface area contributed by atoms with Crippen molar-refractivity contribution in [2.75, 3.05) is 25.5 Å². The summed E-state index contributed by atoms with van der Waals surface area (Å²) in [7, 11) is 1.42. The number of hydrogen-bond donors (Lipinski definition) is 1. The second kappa shape index (κ2) is 8.85. The Balaban J connectivity index is 1.64. The molecule has 0 unspecified atom stereocenters. The van der Waals surface area contributed by atoms with Crippen molar-refractivity contribution in [1.82, 2.24) is 4.90 Å². The van der Waals surface area contributed by atoms with Gasteiger partial charge in [-0.3, -0.25) is 14.5 Å². The van der Waals surface area contributed by atoms with Gasteiger partial charge in [0.2, 0.25) is 5.91 Å². The lowest BCUT2D eigenvalue weighted by Gasteiger charge is -2.34. The standard InChI is InChI=1S/C20H27N3O3S/c1-13(23-10-8-14(9-11-23)20(25)26-2)18(24)22-19-16(12-21)15-6-4-3-5-7-17(15)27-19/h13-14H,3-11H2,1-2H3,(H,22,24)/t13-/m0/s1. The minimum absolute atomic E-state index is 0.0698. The van der Waals surface area contributed by atoms with Gasteiger partial charge in [-0.15, -0.1) is 11.3 Å². The predicted molar refractivity (Wildman–Crippen MR) is 105 cm³/mol. The molecule has 0 radical (unpaired) electrons. The molecule has 1 N–H and O–H groups in total. The van der Waals surface area contributed by atoms with Crippen molar-refractivity contribution in [3.05, 3.63) is 16.0 Å². The van der Waals surface area contributed by atoms with Crippen molar-refractivity contribution in [3.8, 4) is 6.07 Å². The van der Waals surface area contributed by atoms with Crippen LogP contribution in [0.25, 0.3) is 0 Å². The summed E-state index contributed by atoms with van der Waals surface area (Å²) in [5, 5.41) is 13.3. The average Bonchev–Trinajstić information content (AvgIpc) is 2.85. The van der Waals surface area contributed by atoms with Gasteiger partial charge in [-0.05, 0) is 64.1 Å². The van der Waals surface area contributed by atoms with E-state index in [-0.39, 0.29) is 23.8 Å². The zero-order valence-corrected chi connectivity index (χ0v) is 16.9. The minimum atomic E-state index is -0.294. The first-order valence-corrected chi connectivity index (χ1v) is 10.5. The van der Waals surface area contributed by atoms with Crippen LogP contribution in [0, 0.1) is 17.2 Å². The summed E-state index contributed by atoms with van der Waals surface area (Å²) in [4.78, 5) is 27.8. The van der Waals surface area contributed by atoms with Gasteiger partial charge in [-0.1, -0.05) is 6.42 Å². The Morgan fingerprint density at radius 3 is 2.63 bits per heavy atom. The molecule has 1 aromatic rings. The molecule has 1 amide bonds. The van der Waals surface area contributed by atoms with Crippen LogP contribution in [0.5, 0.6) is 0 Å². The number of anilines is 1. The minimum Gasteiger partial charge on any atom is -0.469 e. The van der Waals surface area contributed by atoms with E-state index < -0.39 is 0 Å². The first-order valence-electron chi connectivity index (χ1n) is 9.72. The number of carbonyl (C=O) groups excluding carboxylic acids is 2. The summed E-state index contributed by atoms with van der Waals surface area (Å²) in [5.41, 5.74) is 1.80. The highest BCUT2D eigenvalue weighted by Gasteiger charge is 2.31. The normalized spacial score (nSPS) is 19.4. The lowest BCUT2D eigenvalue weighted by molar-refractivity contribution is -0.147. The molecule has 1 fully saturated rings. The summed E-state index contributed by atoms with van der Waals surface area (Å²) in [6.45, 7) is 3.28. The summed E-state index contributed by atoms with van der Waals surface area (Å²) >= 11 is 1.57. The first-order chi connectivity index (χ1) is 13.0. The lowest BCUT2D eigenvalue weighted by atomic mass is 9.96. The average molecular weight is 390 g/mol. The van der Waals surface area contributed by atoms with Gasteiger partial charge >= 0.3 is 5.97 Å². The summed E-state index contributed by atoms with van der Waals surface area (Å²) in [6, 6.07) is 2.02. The van der Waals surface area contributed by atoms with Crippen LogP contribution in [0.3, 0.4) is 0 Å². The van der Waals surface area contributed by atoms with Crippen LogP contribution in [-0.2, 0) is 27.2 Å². The van der Waals surface area contributed by atoms with Gasteiger partial charge in [0.1, 0.15) is 11.1 Å². The van der Waals surface area contributed by atoms with Gasteiger partial charge < -0.3 is 10.1 Å². The van der Waals surface area contributed by atoms with E-state index in [1.807, 2.05) is 6.92 Å². The SMILES string of the molecule is COC(=O)C1CCN([C@@H](C)C(=O)Nc2sc3c(c2C#N)CCCCC3)CC1. The fourth-order valence-corrected chi connectivity index (χ4v) is 5.26. The van der Waals surface area contributed by atoms with E-state index in [0.29, 0.717) is 36.5 Å². The van der Waals surface area contributed by atoms with Crippen molar-refractivity contribution >= 4 is 28.2 Å². The number of hydrogen-bond acceptors (Lipinski definition) is 6. The number of methoxy groups -OCH3 is 1. The molecule has 146 valence electrons. The number of rotatable bonds is 4. The monoisotopic (exact) mass is 389 g/mol. The van der Waals surface area contributed by atoms with Crippen LogP contribution in [-0.4, -0.2) is 43.0 Å². The summed E-state index contributed by atoms with van der Waals surface area (Å²) in [6.07, 6.45) is 6.81. The smallest absolute Gasteiger partial charge is 0.308 e. The van der Waals surface area contributed by atoms with Gasteiger partial charge in [0.05, 0.1) is 24.6 Å². The van der Waals surface area contributed by atoms with E-state index in [9.17, 15) is 14.9 Å². The van der Waals surface area contributed by atoms with E-state index in [0.717, 1.165) is 31.2 Å². The van der Waals surface area contributed by atoms with Gasteiger partial charge in [-0.2, -0.15) is 5.26 Å². The summed E-state index contributed by atoms with van der Waals surface area (Å²) in [5.74, 6) is -0.315. The largest absolute Gasteiger partial charge is 0.469 e. The maximum absolute atomic E-state index is 12.8. The number of carbonyl (C=O) groups is 2. The number of nitriles is 1. The number of nitrogens with one attached hydrogen (secondary N) is 1. The molecule has 27 heavy (non-hydrogen) atoms. The number of nitrogens with zero attached hydrogens (tertiary/aromatic N) is 2. The van der Waals surface area contributed by atoms with Crippen LogP contribution in [0.15, 0.2) is 0 Å². The van der Waals surface area contributed by atoms with Crippen molar-refractivity contribution in [3.63, 3.8) is 0 Å². The number of likely N-dealkylation sites (tertiary alicyclic amines) is 1. The fraction of sp³-hybridized carbons (Fsp3) is 0.650. The third kappa shape index (κ3) is 4.33. The highest BCUT2D eigenvalue weighted by molar-refractivity contribution is 7.16. The van der Waals surface area contributed by atoms with Gasteiger partial charge in [0, 0.05) is 4.88 Å². The van der Waals surface area contributed by atoms with E-state index in [1.165, 1.54) is 18.4 Å². The van der Waals surface area contributed by atoms with Crippen LogP contribution in [0.2, 0.25) is 0 Å². The van der Waals surface area contributed by atoms with Crippen LogP contribution >= 0.6 is 11.3 Å². The Kier molecular flexibility index (Phi) is 6.51. The number of esters is 1. The second-order valence-electron chi connectivity index (χ2n) is 7.38. The van der Waals surface area contributed by atoms with Gasteiger partial charge in [0.25, 0.3) is 0 Å². The Morgan fingerprint density at radius 1 is 1.26 bits per heavy atom. The number of piperidine rings is 1. The van der Waals surface area contributed by atoms with Crippen LogP contribution in [0.4, 0.5) is 5.00 Å². The van der Waals surface area contributed by atoms with E-state index >= 15 is 0 Å². The van der Waals surface area contributed by atoms with Crippen molar-refractivity contribution in [1.29, 1.82) is 5.26 Å². The highest BCUT2D eigenvalue weighted by atomic mass is 32.1. The Labute approximate surface area is 164 Å². The summed E-state index contributed by atoms with van der Waals surface area (Å²) < 4.78 is 4.82. The molecule has 1 saturated heterocycles. The second-order valence-corrected chi connectivity index (χ2v) is 8.48. The molecule has 2 heterocycles. The number of fused-ring (bicyclic) bond motifs is 1. The maximum atomic E-state index is 12.8. The topological polar surface area (TPSA) is 82.4 Å². The zero-order valence-electron chi connectivity index (χ0n) is 16.0. The zero-order chi connectivity index (χ0) is 19.4. The third-order valence-electron chi connectivity index (χ3n) is 5.76. The molecule has 3 rings (SSSR count). The molecular weight excluding hydrogens is 362 g/mol. The molecule has 2 aliphatic rings. The third-order valence-corrected chi connectivity index (χ3v) is 6.97. The predicted octanol–water partition coefficient (Wildman–Crippen LogP) is 3.10.